The van der Waals surface area contributed by atoms with Crippen molar-refractivity contribution in [2.75, 3.05) is 12.3 Å². The Balaban J connectivity index is 2.33. The van der Waals surface area contributed by atoms with Gasteiger partial charge >= 0.3 is 0 Å². The van der Waals surface area contributed by atoms with Crippen molar-refractivity contribution in [1.82, 2.24) is 9.55 Å². The van der Waals surface area contributed by atoms with Gasteiger partial charge in [-0.05, 0) is 26.0 Å². The second-order valence-electron chi connectivity index (χ2n) is 4.33. The molecule has 0 bridgehead atoms. The summed E-state index contributed by atoms with van der Waals surface area (Å²) in [5, 5.41) is 9.02. The molecule has 2 N–H and O–H groups in total. The molecule has 0 spiro atoms. The molecule has 1 heterocycles. The molecule has 0 fully saturated rings. The number of rotatable bonds is 4. The van der Waals surface area contributed by atoms with Crippen LogP contribution < -0.4 is 5.73 Å². The molecule has 0 unspecified atom stereocenters. The highest BCUT2D eigenvalue weighted by Crippen LogP contribution is 2.20. The molecule has 0 atom stereocenters. The van der Waals surface area contributed by atoms with Gasteiger partial charge in [-0.2, -0.15) is 5.26 Å². The van der Waals surface area contributed by atoms with Gasteiger partial charge < -0.3 is 15.0 Å². The summed E-state index contributed by atoms with van der Waals surface area (Å²) in [6.07, 6.45) is 0.190. The van der Waals surface area contributed by atoms with Gasteiger partial charge in [-0.1, -0.05) is 6.07 Å². The normalized spacial score (nSPS) is 11.0. The number of fused-ring (bicyclic) bond motifs is 1. The van der Waals surface area contributed by atoms with E-state index in [1.54, 1.807) is 6.07 Å². The summed E-state index contributed by atoms with van der Waals surface area (Å²) in [5.74, 6) is 0.417. The Kier molecular flexibility index (Phi) is 3.49. The molecule has 0 amide bonds. The van der Waals surface area contributed by atoms with Crippen molar-refractivity contribution in [3.05, 3.63) is 23.8 Å². The number of anilines is 1. The number of aromatic nitrogens is 2. The van der Waals surface area contributed by atoms with Crippen molar-refractivity contribution in [3.8, 4) is 6.07 Å². The molecule has 2 rings (SSSR count). The molecule has 0 aliphatic heterocycles. The maximum absolute atomic E-state index is 9.02. The smallest absolute Gasteiger partial charge is 0.201 e. The Morgan fingerprint density at radius 1 is 1.50 bits per heavy atom. The van der Waals surface area contributed by atoms with Crippen LogP contribution in [0.15, 0.2) is 18.2 Å². The van der Waals surface area contributed by atoms with Gasteiger partial charge in [0, 0.05) is 6.54 Å². The number of nitrogen functional groups attached to an aromatic ring is 1. The molecular formula is C13H16N4O. The van der Waals surface area contributed by atoms with E-state index >= 15 is 0 Å². The molecule has 94 valence electrons. The third kappa shape index (κ3) is 2.29. The molecule has 0 saturated carbocycles. The molecule has 0 aliphatic carbocycles. The van der Waals surface area contributed by atoms with Gasteiger partial charge in [0.1, 0.15) is 11.6 Å². The highest BCUT2D eigenvalue weighted by atomic mass is 16.5. The van der Waals surface area contributed by atoms with Crippen LogP contribution in [0.25, 0.3) is 11.0 Å². The SMILES string of the molecule is CC(C)OCCn1c(N)nc2c(C#N)cccc21. The zero-order valence-corrected chi connectivity index (χ0v) is 10.6. The zero-order valence-electron chi connectivity index (χ0n) is 10.6. The molecule has 0 radical (unpaired) electrons. The van der Waals surface area contributed by atoms with Gasteiger partial charge in [-0.25, -0.2) is 4.98 Å². The summed E-state index contributed by atoms with van der Waals surface area (Å²) in [5.41, 5.74) is 7.95. The molecular weight excluding hydrogens is 228 g/mol. The van der Waals surface area contributed by atoms with Gasteiger partial charge in [-0.15, -0.1) is 0 Å². The zero-order chi connectivity index (χ0) is 13.1. The minimum Gasteiger partial charge on any atom is -0.377 e. The fourth-order valence-electron chi connectivity index (χ4n) is 1.87. The number of para-hydroxylation sites is 1. The second kappa shape index (κ2) is 5.07. The predicted octanol–water partition coefficient (Wildman–Crippen LogP) is 1.92. The summed E-state index contributed by atoms with van der Waals surface area (Å²) in [7, 11) is 0. The summed E-state index contributed by atoms with van der Waals surface area (Å²) in [4.78, 5) is 4.24. The van der Waals surface area contributed by atoms with E-state index in [4.69, 9.17) is 15.7 Å². The van der Waals surface area contributed by atoms with E-state index in [-0.39, 0.29) is 6.10 Å². The monoisotopic (exact) mass is 244 g/mol. The largest absolute Gasteiger partial charge is 0.377 e. The van der Waals surface area contributed by atoms with Gasteiger partial charge in [0.05, 0.1) is 23.8 Å². The molecule has 1 aromatic heterocycles. The first-order valence-corrected chi connectivity index (χ1v) is 5.90. The number of ether oxygens (including phenoxy) is 1. The first-order chi connectivity index (χ1) is 8.63. The summed E-state index contributed by atoms with van der Waals surface area (Å²) >= 11 is 0. The summed E-state index contributed by atoms with van der Waals surface area (Å²) < 4.78 is 7.38. The first kappa shape index (κ1) is 12.4. The van der Waals surface area contributed by atoms with E-state index in [2.05, 4.69) is 11.1 Å². The standard InChI is InChI=1S/C13H16N4O/c1-9(2)18-7-6-17-11-5-3-4-10(8-14)12(11)16-13(17)15/h3-5,9H,6-7H2,1-2H3,(H2,15,16). The molecule has 5 heteroatoms. The van der Waals surface area contributed by atoms with E-state index in [0.717, 1.165) is 5.52 Å². The van der Waals surface area contributed by atoms with Crippen LogP contribution in [0, 0.1) is 11.3 Å². The fourth-order valence-corrected chi connectivity index (χ4v) is 1.87. The third-order valence-corrected chi connectivity index (χ3v) is 2.69. The molecule has 0 aliphatic rings. The van der Waals surface area contributed by atoms with Crippen LogP contribution in [0.1, 0.15) is 19.4 Å². The maximum atomic E-state index is 9.02. The number of hydrogen-bond donors (Lipinski definition) is 1. The first-order valence-electron chi connectivity index (χ1n) is 5.90. The van der Waals surface area contributed by atoms with Crippen LogP contribution in [0.2, 0.25) is 0 Å². The predicted molar refractivity (Wildman–Crippen MR) is 69.9 cm³/mol. The van der Waals surface area contributed by atoms with Gasteiger partial charge in [0.2, 0.25) is 5.95 Å². The minimum absolute atomic E-state index is 0.190. The topological polar surface area (TPSA) is 76.9 Å². The lowest BCUT2D eigenvalue weighted by Crippen LogP contribution is -2.12. The van der Waals surface area contributed by atoms with Gasteiger partial charge in [0.15, 0.2) is 0 Å². The number of nitrogens with two attached hydrogens (primary N) is 1. The molecule has 18 heavy (non-hydrogen) atoms. The highest BCUT2D eigenvalue weighted by molar-refractivity contribution is 5.83. The Hall–Kier alpha value is -2.06. The van der Waals surface area contributed by atoms with Crippen LogP contribution in [-0.4, -0.2) is 22.3 Å². The quantitative estimate of drug-likeness (QED) is 0.891. The Labute approximate surface area is 106 Å². The minimum atomic E-state index is 0.190. The van der Waals surface area contributed by atoms with Crippen molar-refractivity contribution in [1.29, 1.82) is 5.26 Å². The van der Waals surface area contributed by atoms with E-state index < -0.39 is 0 Å². The van der Waals surface area contributed by atoms with Crippen LogP contribution in [0.3, 0.4) is 0 Å². The Morgan fingerprint density at radius 3 is 2.94 bits per heavy atom. The molecule has 2 aromatic rings. The number of imidazole rings is 1. The number of benzene rings is 1. The fraction of sp³-hybridized carbons (Fsp3) is 0.385. The molecule has 0 saturated heterocycles. The lowest BCUT2D eigenvalue weighted by molar-refractivity contribution is 0.0735. The third-order valence-electron chi connectivity index (χ3n) is 2.69. The number of nitrogens with zero attached hydrogens (tertiary/aromatic N) is 3. The van der Waals surface area contributed by atoms with E-state index in [0.29, 0.717) is 30.2 Å². The average Bonchev–Trinajstić information content (AvgIpc) is 2.65. The van der Waals surface area contributed by atoms with E-state index in [9.17, 15) is 0 Å². The van der Waals surface area contributed by atoms with Crippen molar-refractivity contribution in [2.24, 2.45) is 0 Å². The van der Waals surface area contributed by atoms with Crippen molar-refractivity contribution < 1.29 is 4.74 Å². The second-order valence-corrected chi connectivity index (χ2v) is 4.33. The lowest BCUT2D eigenvalue weighted by atomic mass is 10.2. The van der Waals surface area contributed by atoms with Crippen LogP contribution in [0.5, 0.6) is 0 Å². The van der Waals surface area contributed by atoms with Crippen LogP contribution >= 0.6 is 0 Å². The summed E-state index contributed by atoms with van der Waals surface area (Å²) in [6, 6.07) is 7.61. The van der Waals surface area contributed by atoms with Gasteiger partial charge in [0.25, 0.3) is 0 Å². The number of hydrogen-bond acceptors (Lipinski definition) is 4. The molecule has 5 nitrogen and oxygen atoms in total. The Morgan fingerprint density at radius 2 is 2.28 bits per heavy atom. The lowest BCUT2D eigenvalue weighted by Gasteiger charge is -2.09. The highest BCUT2D eigenvalue weighted by Gasteiger charge is 2.11. The van der Waals surface area contributed by atoms with Gasteiger partial charge in [-0.3, -0.25) is 0 Å². The van der Waals surface area contributed by atoms with Crippen LogP contribution in [0.4, 0.5) is 5.95 Å². The maximum Gasteiger partial charge on any atom is 0.201 e. The average molecular weight is 244 g/mol. The van der Waals surface area contributed by atoms with Crippen molar-refractivity contribution in [3.63, 3.8) is 0 Å². The van der Waals surface area contributed by atoms with Crippen LogP contribution in [-0.2, 0) is 11.3 Å². The van der Waals surface area contributed by atoms with Crippen molar-refractivity contribution in [2.45, 2.75) is 26.5 Å². The van der Waals surface area contributed by atoms with E-state index in [1.165, 1.54) is 0 Å². The Bertz CT molecular complexity index is 595. The van der Waals surface area contributed by atoms with Crippen molar-refractivity contribution >= 4 is 17.0 Å². The van der Waals surface area contributed by atoms with E-state index in [1.807, 2.05) is 30.5 Å². The molecule has 1 aromatic carbocycles. The number of nitriles is 1. The summed E-state index contributed by atoms with van der Waals surface area (Å²) in [6.45, 7) is 5.19.